The molecular formula is C34H40ClF4NO2. The van der Waals surface area contributed by atoms with Crippen molar-refractivity contribution >= 4 is 17.6 Å². The van der Waals surface area contributed by atoms with Crippen LogP contribution in [0.25, 0.3) is 11.1 Å². The molecular weight excluding hydrogens is 566 g/mol. The van der Waals surface area contributed by atoms with Crippen LogP contribution < -0.4 is 0 Å². The first-order chi connectivity index (χ1) is 19.8. The summed E-state index contributed by atoms with van der Waals surface area (Å²) in [7, 11) is 0. The van der Waals surface area contributed by atoms with Crippen LogP contribution in [-0.4, -0.2) is 24.0 Å². The molecule has 8 heteroatoms. The quantitative estimate of drug-likeness (QED) is 0.143. The van der Waals surface area contributed by atoms with Crippen molar-refractivity contribution in [1.82, 2.24) is 4.90 Å². The summed E-state index contributed by atoms with van der Waals surface area (Å²) < 4.78 is 59.4. The normalized spacial score (nSPS) is 12.8. The number of nitrogens with zero attached hydrogens (tertiary/aromatic N) is 1. The van der Waals surface area contributed by atoms with Crippen LogP contribution >= 0.6 is 11.6 Å². The van der Waals surface area contributed by atoms with Crippen molar-refractivity contribution in [3.8, 4) is 11.1 Å². The molecule has 3 aromatic rings. The molecule has 1 atom stereocenters. The second-order valence-electron chi connectivity index (χ2n) is 11.6. The second-order valence-corrected chi connectivity index (χ2v) is 12.0. The van der Waals surface area contributed by atoms with E-state index in [2.05, 4.69) is 18.7 Å². The summed E-state index contributed by atoms with van der Waals surface area (Å²) in [5, 5.41) is 0.0662. The molecule has 3 aromatic carbocycles. The lowest BCUT2D eigenvalue weighted by Gasteiger charge is -2.25. The van der Waals surface area contributed by atoms with Gasteiger partial charge in [-0.25, -0.2) is 4.39 Å². The molecule has 42 heavy (non-hydrogen) atoms. The van der Waals surface area contributed by atoms with Gasteiger partial charge in [-0.05, 0) is 96.3 Å². The van der Waals surface area contributed by atoms with Gasteiger partial charge in [-0.3, -0.25) is 9.69 Å². The molecule has 0 saturated carbocycles. The standard InChI is InChI=1S/C34H40ClF4NO2/c1-6-42-33(41)30(15-23(4)5)28-17-25(16-27(19-28)26-8-10-29(11-9-26)34(37,38)39)21-40(14-13-22(2)3)20-24-7-12-31(35)32(36)18-24/h7-12,16-19,22-23,30H,6,13-15,20-21H2,1-5H3. The Kier molecular flexibility index (Phi) is 12.0. The molecule has 0 bridgehead atoms. The summed E-state index contributed by atoms with van der Waals surface area (Å²) in [6.45, 7) is 12.1. The molecule has 3 nitrogen and oxygen atoms in total. The van der Waals surface area contributed by atoms with E-state index in [0.29, 0.717) is 31.0 Å². The van der Waals surface area contributed by atoms with Gasteiger partial charge in [0.1, 0.15) is 5.82 Å². The van der Waals surface area contributed by atoms with Gasteiger partial charge in [0.05, 0.1) is 23.1 Å². The molecule has 0 fully saturated rings. The highest BCUT2D eigenvalue weighted by Crippen LogP contribution is 2.34. The number of hydrogen-bond acceptors (Lipinski definition) is 3. The Labute approximate surface area is 251 Å². The van der Waals surface area contributed by atoms with Crippen LogP contribution in [0, 0.1) is 17.7 Å². The Hall–Kier alpha value is -2.90. The zero-order valence-corrected chi connectivity index (χ0v) is 25.7. The van der Waals surface area contributed by atoms with Crippen molar-refractivity contribution in [1.29, 1.82) is 0 Å². The fourth-order valence-electron chi connectivity index (χ4n) is 4.92. The predicted molar refractivity (Wildman–Crippen MR) is 161 cm³/mol. The summed E-state index contributed by atoms with van der Waals surface area (Å²) in [4.78, 5) is 15.3. The number of ether oxygens (including phenoxy) is 1. The number of alkyl halides is 3. The molecule has 3 rings (SSSR count). The number of esters is 1. The molecule has 0 N–H and O–H groups in total. The molecule has 1 unspecified atom stereocenters. The van der Waals surface area contributed by atoms with Gasteiger partial charge in [0.2, 0.25) is 0 Å². The number of halogens is 5. The van der Waals surface area contributed by atoms with Crippen molar-refractivity contribution in [2.75, 3.05) is 13.2 Å². The van der Waals surface area contributed by atoms with E-state index in [1.54, 1.807) is 19.1 Å². The van der Waals surface area contributed by atoms with Crippen molar-refractivity contribution in [3.05, 3.63) is 93.8 Å². The summed E-state index contributed by atoms with van der Waals surface area (Å²) in [6.07, 6.45) is -2.95. The molecule has 0 amide bonds. The van der Waals surface area contributed by atoms with E-state index >= 15 is 0 Å². The highest BCUT2D eigenvalue weighted by atomic mass is 35.5. The smallest absolute Gasteiger partial charge is 0.416 e. The van der Waals surface area contributed by atoms with Crippen molar-refractivity contribution in [2.45, 2.75) is 72.6 Å². The molecule has 0 aromatic heterocycles. The fraction of sp³-hybridized carbons (Fsp3) is 0.441. The maximum Gasteiger partial charge on any atom is 0.416 e. The Bertz CT molecular complexity index is 1320. The van der Waals surface area contributed by atoms with Crippen molar-refractivity contribution in [2.24, 2.45) is 11.8 Å². The van der Waals surface area contributed by atoms with Crippen LogP contribution in [0.15, 0.2) is 60.7 Å². The topological polar surface area (TPSA) is 29.5 Å². The van der Waals surface area contributed by atoms with Crippen LogP contribution in [0.5, 0.6) is 0 Å². The van der Waals surface area contributed by atoms with Gasteiger partial charge < -0.3 is 4.74 Å². The Balaban J connectivity index is 2.07. The molecule has 0 spiro atoms. The number of carbonyl (C=O) groups is 1. The van der Waals surface area contributed by atoms with Gasteiger partial charge in [-0.1, -0.05) is 69.6 Å². The molecule has 228 valence electrons. The minimum atomic E-state index is -4.43. The lowest BCUT2D eigenvalue weighted by Crippen LogP contribution is -2.25. The van der Waals surface area contributed by atoms with Gasteiger partial charge in [-0.15, -0.1) is 0 Å². The molecule has 0 aliphatic carbocycles. The van der Waals surface area contributed by atoms with E-state index in [0.717, 1.165) is 47.4 Å². The van der Waals surface area contributed by atoms with E-state index in [1.165, 1.54) is 18.2 Å². The van der Waals surface area contributed by atoms with Crippen LogP contribution in [0.1, 0.15) is 75.6 Å². The molecule has 0 radical (unpaired) electrons. The van der Waals surface area contributed by atoms with Crippen molar-refractivity contribution < 1.29 is 27.1 Å². The van der Waals surface area contributed by atoms with Crippen molar-refractivity contribution in [3.63, 3.8) is 0 Å². The minimum absolute atomic E-state index is 0.0662. The van der Waals surface area contributed by atoms with E-state index in [1.807, 2.05) is 32.0 Å². The molecule has 0 aliphatic heterocycles. The highest BCUT2D eigenvalue weighted by Gasteiger charge is 2.30. The minimum Gasteiger partial charge on any atom is -0.466 e. The fourth-order valence-corrected chi connectivity index (χ4v) is 5.04. The zero-order valence-electron chi connectivity index (χ0n) is 24.9. The number of hydrogen-bond donors (Lipinski definition) is 0. The van der Waals surface area contributed by atoms with Gasteiger partial charge in [0.25, 0.3) is 0 Å². The molecule has 0 saturated heterocycles. The Morgan fingerprint density at radius 2 is 1.55 bits per heavy atom. The maximum atomic E-state index is 14.2. The first-order valence-corrected chi connectivity index (χ1v) is 14.8. The number of carbonyl (C=O) groups excluding carboxylic acids is 1. The first-order valence-electron chi connectivity index (χ1n) is 14.4. The third-order valence-electron chi connectivity index (χ3n) is 7.06. The van der Waals surface area contributed by atoms with Gasteiger partial charge in [0, 0.05) is 13.1 Å². The second kappa shape index (κ2) is 15.0. The van der Waals surface area contributed by atoms with Crippen LogP contribution in [0.4, 0.5) is 17.6 Å². The van der Waals surface area contributed by atoms with E-state index in [4.69, 9.17) is 16.3 Å². The third-order valence-corrected chi connectivity index (χ3v) is 7.37. The summed E-state index contributed by atoms with van der Waals surface area (Å²) in [5.41, 5.74) is 3.06. The molecule has 0 heterocycles. The lowest BCUT2D eigenvalue weighted by molar-refractivity contribution is -0.145. The van der Waals surface area contributed by atoms with Crippen LogP contribution in [-0.2, 0) is 28.8 Å². The van der Waals surface area contributed by atoms with Gasteiger partial charge >= 0.3 is 12.1 Å². The zero-order chi connectivity index (χ0) is 31.0. The third kappa shape index (κ3) is 9.84. The highest BCUT2D eigenvalue weighted by molar-refractivity contribution is 6.30. The largest absolute Gasteiger partial charge is 0.466 e. The summed E-state index contributed by atoms with van der Waals surface area (Å²) in [5.74, 6) is -0.666. The van der Waals surface area contributed by atoms with Crippen LogP contribution in [0.2, 0.25) is 5.02 Å². The van der Waals surface area contributed by atoms with E-state index in [-0.39, 0.29) is 23.5 Å². The van der Waals surface area contributed by atoms with E-state index in [9.17, 15) is 22.4 Å². The monoisotopic (exact) mass is 605 g/mol. The lowest BCUT2D eigenvalue weighted by atomic mass is 9.87. The van der Waals surface area contributed by atoms with Gasteiger partial charge in [-0.2, -0.15) is 13.2 Å². The van der Waals surface area contributed by atoms with Crippen LogP contribution in [0.3, 0.4) is 0 Å². The van der Waals surface area contributed by atoms with Gasteiger partial charge in [0.15, 0.2) is 0 Å². The number of rotatable bonds is 13. The van der Waals surface area contributed by atoms with E-state index < -0.39 is 23.5 Å². The SMILES string of the molecule is CCOC(=O)C(CC(C)C)c1cc(CN(CCC(C)C)Cc2ccc(Cl)c(F)c2)cc(-c2ccc(C(F)(F)F)cc2)c1. The Morgan fingerprint density at radius 1 is 0.881 bits per heavy atom. The molecule has 0 aliphatic rings. The Morgan fingerprint density at radius 3 is 2.12 bits per heavy atom. The first kappa shape index (κ1) is 33.6. The average molecular weight is 606 g/mol. The maximum absolute atomic E-state index is 14.2. The summed E-state index contributed by atoms with van der Waals surface area (Å²) in [6, 6.07) is 15.7. The average Bonchev–Trinajstić information content (AvgIpc) is 2.92. The number of benzene rings is 3. The predicted octanol–water partition coefficient (Wildman–Crippen LogP) is 9.91. The summed E-state index contributed by atoms with van der Waals surface area (Å²) >= 11 is 5.90.